The number of esters is 1. The summed E-state index contributed by atoms with van der Waals surface area (Å²) in [5.74, 6) is -1.93. The molecule has 0 aliphatic rings. The van der Waals surface area contributed by atoms with Crippen LogP contribution in [0.2, 0.25) is 0 Å². The molecule has 0 bridgehead atoms. The summed E-state index contributed by atoms with van der Waals surface area (Å²) < 4.78 is 27.7. The van der Waals surface area contributed by atoms with E-state index >= 15 is 0 Å². The number of rotatable bonds is 5. The Morgan fingerprint density at radius 3 is 2.26 bits per heavy atom. The smallest absolute Gasteiger partial charge is 0.328 e. The lowest BCUT2D eigenvalue weighted by Gasteiger charge is -2.29. The minimum Gasteiger partial charge on any atom is -0.467 e. The highest BCUT2D eigenvalue weighted by Crippen LogP contribution is 2.27. The second-order valence-corrected chi connectivity index (χ2v) is 7.90. The molecule has 0 saturated carbocycles. The molecule has 0 heterocycles. The van der Waals surface area contributed by atoms with Crippen LogP contribution in [-0.2, 0) is 24.2 Å². The number of benzene rings is 1. The summed E-state index contributed by atoms with van der Waals surface area (Å²) in [5.41, 5.74) is 3.20. The summed E-state index contributed by atoms with van der Waals surface area (Å²) in [6, 6.07) is 2.80. The molecule has 1 unspecified atom stereocenters. The molecule has 0 aliphatic heterocycles. The highest BCUT2D eigenvalue weighted by molar-refractivity contribution is 7.91. The van der Waals surface area contributed by atoms with E-state index < -0.39 is 33.5 Å². The zero-order valence-electron chi connectivity index (χ0n) is 14.3. The van der Waals surface area contributed by atoms with E-state index in [9.17, 15) is 18.0 Å². The molecule has 23 heavy (non-hydrogen) atoms. The first-order valence-electron chi connectivity index (χ1n) is 7.13. The van der Waals surface area contributed by atoms with Crippen LogP contribution in [0, 0.1) is 20.8 Å². The number of methoxy groups -OCH3 is 1. The van der Waals surface area contributed by atoms with Crippen molar-refractivity contribution in [3.8, 4) is 0 Å². The number of aryl methyl sites for hydroxylation is 2. The van der Waals surface area contributed by atoms with E-state index in [1.54, 1.807) is 6.07 Å². The number of carbonyl (C=O) groups is 2. The van der Waals surface area contributed by atoms with E-state index in [-0.39, 0.29) is 0 Å². The number of hydrogen-bond donors (Lipinski definition) is 0. The average Bonchev–Trinajstić information content (AvgIpc) is 2.41. The minimum atomic E-state index is -3.52. The summed E-state index contributed by atoms with van der Waals surface area (Å²) in [6.45, 7) is 7.11. The van der Waals surface area contributed by atoms with Gasteiger partial charge in [0, 0.05) is 11.9 Å². The Morgan fingerprint density at radius 2 is 1.78 bits per heavy atom. The molecule has 1 atom stereocenters. The quantitative estimate of drug-likeness (QED) is 0.759. The van der Waals surface area contributed by atoms with Gasteiger partial charge in [0.25, 0.3) is 0 Å². The third-order valence-corrected chi connectivity index (χ3v) is 4.40. The Hall–Kier alpha value is -1.89. The van der Waals surface area contributed by atoms with Crippen molar-refractivity contribution in [2.45, 2.75) is 33.7 Å². The van der Waals surface area contributed by atoms with Gasteiger partial charge in [-0.05, 0) is 50.5 Å². The van der Waals surface area contributed by atoms with Gasteiger partial charge in [-0.25, -0.2) is 13.2 Å². The van der Waals surface area contributed by atoms with Crippen molar-refractivity contribution in [3.63, 3.8) is 0 Å². The van der Waals surface area contributed by atoms with Crippen molar-refractivity contribution in [1.29, 1.82) is 0 Å². The lowest BCUT2D eigenvalue weighted by molar-refractivity contribution is -0.142. The number of anilines is 1. The molecule has 0 aliphatic carbocycles. The topological polar surface area (TPSA) is 80.8 Å². The number of hydrogen-bond acceptors (Lipinski definition) is 5. The minimum absolute atomic E-state index is 0.522. The van der Waals surface area contributed by atoms with Gasteiger partial charge in [-0.3, -0.25) is 9.69 Å². The highest BCUT2D eigenvalue weighted by Gasteiger charge is 2.31. The van der Waals surface area contributed by atoms with E-state index in [1.165, 1.54) is 18.9 Å². The van der Waals surface area contributed by atoms with E-state index in [0.29, 0.717) is 5.69 Å². The normalized spacial score (nSPS) is 12.6. The van der Waals surface area contributed by atoms with Crippen LogP contribution in [0.25, 0.3) is 0 Å². The van der Waals surface area contributed by atoms with Gasteiger partial charge in [-0.15, -0.1) is 0 Å². The van der Waals surface area contributed by atoms with Gasteiger partial charge in [0.15, 0.2) is 9.84 Å². The molecule has 1 amide bonds. The molecule has 1 aromatic carbocycles. The predicted octanol–water partition coefficient (Wildman–Crippen LogP) is 1.55. The molecule has 0 aromatic heterocycles. The molecule has 0 fully saturated rings. The average molecular weight is 341 g/mol. The number of sulfone groups is 1. The van der Waals surface area contributed by atoms with Crippen LogP contribution in [0.4, 0.5) is 5.69 Å². The molecule has 1 aromatic rings. The molecule has 128 valence electrons. The molecule has 0 spiro atoms. The fourth-order valence-electron chi connectivity index (χ4n) is 2.40. The Balaban J connectivity index is 3.46. The van der Waals surface area contributed by atoms with E-state index in [1.807, 2.05) is 26.8 Å². The van der Waals surface area contributed by atoms with E-state index in [2.05, 4.69) is 0 Å². The number of nitrogens with zero attached hydrogens (tertiary/aromatic N) is 1. The van der Waals surface area contributed by atoms with Gasteiger partial charge < -0.3 is 4.74 Å². The van der Waals surface area contributed by atoms with Crippen LogP contribution in [-0.4, -0.2) is 45.5 Å². The maximum Gasteiger partial charge on any atom is 0.328 e. The molecular weight excluding hydrogens is 318 g/mol. The van der Waals surface area contributed by atoms with Crippen molar-refractivity contribution in [2.24, 2.45) is 0 Å². The van der Waals surface area contributed by atoms with Gasteiger partial charge in [0.2, 0.25) is 5.91 Å². The third kappa shape index (κ3) is 4.79. The fraction of sp³-hybridized carbons (Fsp3) is 0.500. The molecule has 6 nitrogen and oxygen atoms in total. The van der Waals surface area contributed by atoms with Gasteiger partial charge >= 0.3 is 5.97 Å². The summed E-state index contributed by atoms with van der Waals surface area (Å²) in [7, 11) is -2.29. The van der Waals surface area contributed by atoms with Gasteiger partial charge in [-0.1, -0.05) is 6.07 Å². The van der Waals surface area contributed by atoms with Crippen molar-refractivity contribution in [2.75, 3.05) is 24.0 Å². The van der Waals surface area contributed by atoms with Crippen molar-refractivity contribution in [3.05, 3.63) is 28.8 Å². The first-order chi connectivity index (χ1) is 10.5. The number of amides is 1. The summed E-state index contributed by atoms with van der Waals surface area (Å²) in [4.78, 5) is 25.7. The fourth-order valence-corrected chi connectivity index (χ4v) is 2.98. The molecule has 0 saturated heterocycles. The molecule has 0 N–H and O–H groups in total. The third-order valence-electron chi connectivity index (χ3n) is 3.63. The maximum absolute atomic E-state index is 12.5. The van der Waals surface area contributed by atoms with Crippen LogP contribution >= 0.6 is 0 Å². The standard InChI is InChI=1S/C16H23NO5S/c1-10-7-11(2)12(3)14(8-10)17(13(4)16(19)22-5)15(18)9-23(6,20)21/h7-8,13H,9H2,1-6H3. The Labute approximate surface area is 137 Å². The zero-order chi connectivity index (χ0) is 17.9. The van der Waals surface area contributed by atoms with E-state index in [4.69, 9.17) is 4.74 Å². The van der Waals surface area contributed by atoms with Crippen LogP contribution in [0.15, 0.2) is 12.1 Å². The molecule has 1 rings (SSSR count). The molecular formula is C16H23NO5S. The first kappa shape index (κ1) is 19.2. The van der Waals surface area contributed by atoms with Crippen LogP contribution in [0.1, 0.15) is 23.6 Å². The van der Waals surface area contributed by atoms with Gasteiger partial charge in [0.1, 0.15) is 11.8 Å². The predicted molar refractivity (Wildman–Crippen MR) is 89.3 cm³/mol. The first-order valence-corrected chi connectivity index (χ1v) is 9.19. The SMILES string of the molecule is COC(=O)C(C)N(C(=O)CS(C)(=O)=O)c1cc(C)cc(C)c1C. The largest absolute Gasteiger partial charge is 0.467 e. The number of ether oxygens (including phenoxy) is 1. The molecule has 0 radical (unpaired) electrons. The highest BCUT2D eigenvalue weighted by atomic mass is 32.2. The Morgan fingerprint density at radius 1 is 1.22 bits per heavy atom. The molecule has 7 heteroatoms. The van der Waals surface area contributed by atoms with Crippen LogP contribution in [0.3, 0.4) is 0 Å². The van der Waals surface area contributed by atoms with Crippen molar-refractivity contribution < 1.29 is 22.7 Å². The van der Waals surface area contributed by atoms with Crippen LogP contribution < -0.4 is 4.90 Å². The summed E-state index contributed by atoms with van der Waals surface area (Å²) in [5, 5.41) is 0. The van der Waals surface area contributed by atoms with Crippen LogP contribution in [0.5, 0.6) is 0 Å². The van der Waals surface area contributed by atoms with Crippen molar-refractivity contribution in [1.82, 2.24) is 0 Å². The Kier molecular flexibility index (Phi) is 5.93. The maximum atomic E-state index is 12.5. The van der Waals surface area contributed by atoms with Gasteiger partial charge in [-0.2, -0.15) is 0 Å². The van der Waals surface area contributed by atoms with E-state index in [0.717, 1.165) is 22.9 Å². The Bertz CT molecular complexity index is 724. The second kappa shape index (κ2) is 7.12. The van der Waals surface area contributed by atoms with Gasteiger partial charge in [0.05, 0.1) is 7.11 Å². The lowest BCUT2D eigenvalue weighted by atomic mass is 10.0. The van der Waals surface area contributed by atoms with Crippen molar-refractivity contribution >= 4 is 27.4 Å². The number of carbonyl (C=O) groups excluding carboxylic acids is 2. The summed E-state index contributed by atoms with van der Waals surface area (Å²) >= 11 is 0. The summed E-state index contributed by atoms with van der Waals surface area (Å²) in [6.07, 6.45) is 0.986. The lowest BCUT2D eigenvalue weighted by Crippen LogP contribution is -2.46. The second-order valence-electron chi connectivity index (χ2n) is 5.76. The zero-order valence-corrected chi connectivity index (χ0v) is 15.2. The monoisotopic (exact) mass is 341 g/mol.